The fourth-order valence-corrected chi connectivity index (χ4v) is 4.13. The standard InChI is InChI=1S/C29H47N5O10/c1-15(2)21(32-26(38)43-28(5,6)7)23(35)40-14-18-17(13-20(41-18)34-12-11-19(30)31-25(34)37)42-24(36)22(16(3)4)33-27(39)44-29(8,9)10/h11-12,15-18,20-22H,13-14H2,1-10H3,(H,32,38)(H,33,39)(H2,30,31,37)/t17?,18-,20-,21+,22+/m0/s1. The molecule has 0 bridgehead atoms. The van der Waals surface area contributed by atoms with E-state index < -0.39 is 71.5 Å². The van der Waals surface area contributed by atoms with E-state index in [0.717, 1.165) is 0 Å². The highest BCUT2D eigenvalue weighted by Crippen LogP contribution is 2.31. The molecule has 15 nitrogen and oxygen atoms in total. The minimum atomic E-state index is -1.07. The summed E-state index contributed by atoms with van der Waals surface area (Å²) in [6.07, 6.45) is -3.14. The number of anilines is 1. The van der Waals surface area contributed by atoms with E-state index in [1.807, 2.05) is 0 Å². The minimum absolute atomic E-state index is 0.000479. The van der Waals surface area contributed by atoms with Crippen LogP contribution in [0.5, 0.6) is 0 Å². The van der Waals surface area contributed by atoms with Crippen LogP contribution in [-0.2, 0) is 33.3 Å². The highest BCUT2D eigenvalue weighted by Gasteiger charge is 2.42. The molecule has 248 valence electrons. The van der Waals surface area contributed by atoms with Gasteiger partial charge in [0, 0.05) is 12.6 Å². The average Bonchev–Trinajstić information content (AvgIpc) is 3.23. The second kappa shape index (κ2) is 14.7. The third kappa shape index (κ3) is 11.3. The Labute approximate surface area is 257 Å². The number of carbonyl (C=O) groups excluding carboxylic acids is 4. The van der Waals surface area contributed by atoms with Gasteiger partial charge in [-0.3, -0.25) is 4.57 Å². The van der Waals surface area contributed by atoms with E-state index in [0.29, 0.717) is 0 Å². The molecule has 0 aromatic carbocycles. The highest BCUT2D eigenvalue weighted by molar-refractivity contribution is 5.82. The number of rotatable bonds is 10. The first-order chi connectivity index (χ1) is 20.2. The molecule has 5 atom stereocenters. The predicted octanol–water partition coefficient (Wildman–Crippen LogP) is 2.67. The van der Waals surface area contributed by atoms with Crippen LogP contribution in [0.3, 0.4) is 0 Å². The van der Waals surface area contributed by atoms with Crippen LogP contribution in [0.1, 0.15) is 81.9 Å². The van der Waals surface area contributed by atoms with Gasteiger partial charge >= 0.3 is 29.8 Å². The number of amides is 2. The summed E-state index contributed by atoms with van der Waals surface area (Å²) >= 11 is 0. The fourth-order valence-electron chi connectivity index (χ4n) is 4.13. The molecule has 0 aliphatic carbocycles. The number of nitrogen functional groups attached to an aromatic ring is 1. The summed E-state index contributed by atoms with van der Waals surface area (Å²) in [5.41, 5.74) is 3.36. The van der Waals surface area contributed by atoms with Gasteiger partial charge in [-0.1, -0.05) is 27.7 Å². The lowest BCUT2D eigenvalue weighted by Crippen LogP contribution is -2.49. The lowest BCUT2D eigenvalue weighted by atomic mass is 10.0. The SMILES string of the molecule is CC(C)[C@@H](NC(=O)OC(C)(C)C)C(=O)OC[C@@H]1O[C@H](n2ccc(N)nc2=O)CC1OC(=O)[C@H](NC(=O)OC(C)(C)C)C(C)C. The van der Waals surface area contributed by atoms with E-state index in [2.05, 4.69) is 15.6 Å². The van der Waals surface area contributed by atoms with Gasteiger partial charge in [-0.15, -0.1) is 0 Å². The first kappa shape index (κ1) is 36.3. The van der Waals surface area contributed by atoms with Gasteiger partial charge in [0.2, 0.25) is 0 Å². The van der Waals surface area contributed by atoms with Crippen molar-refractivity contribution >= 4 is 29.9 Å². The predicted molar refractivity (Wildman–Crippen MR) is 158 cm³/mol. The maximum Gasteiger partial charge on any atom is 0.408 e. The number of ether oxygens (including phenoxy) is 5. The molecule has 0 saturated carbocycles. The monoisotopic (exact) mass is 625 g/mol. The van der Waals surface area contributed by atoms with Gasteiger partial charge in [0.25, 0.3) is 0 Å². The third-order valence-electron chi connectivity index (χ3n) is 6.19. The molecule has 1 fully saturated rings. The zero-order chi connectivity index (χ0) is 33.6. The Hall–Kier alpha value is -3.88. The average molecular weight is 626 g/mol. The zero-order valence-electron chi connectivity index (χ0n) is 27.2. The Balaban J connectivity index is 2.24. The topological polar surface area (TPSA) is 199 Å². The number of hydrogen-bond acceptors (Lipinski definition) is 12. The second-order valence-electron chi connectivity index (χ2n) is 13.2. The van der Waals surface area contributed by atoms with Gasteiger partial charge in [-0.25, -0.2) is 24.0 Å². The molecule has 15 heteroatoms. The summed E-state index contributed by atoms with van der Waals surface area (Å²) in [6, 6.07) is -0.708. The summed E-state index contributed by atoms with van der Waals surface area (Å²) in [6.45, 7) is 16.7. The summed E-state index contributed by atoms with van der Waals surface area (Å²) in [5, 5.41) is 5.06. The number of nitrogens with zero attached hydrogens (tertiary/aromatic N) is 2. The molecule has 1 saturated heterocycles. The van der Waals surface area contributed by atoms with Gasteiger partial charge in [0.05, 0.1) is 0 Å². The van der Waals surface area contributed by atoms with Crippen molar-refractivity contribution in [2.45, 2.75) is 117 Å². The van der Waals surface area contributed by atoms with Crippen molar-refractivity contribution in [2.24, 2.45) is 11.8 Å². The molecule has 1 aliphatic heterocycles. The second-order valence-corrected chi connectivity index (χ2v) is 13.2. The largest absolute Gasteiger partial charge is 0.461 e. The van der Waals surface area contributed by atoms with Crippen molar-refractivity contribution in [2.75, 3.05) is 12.3 Å². The minimum Gasteiger partial charge on any atom is -0.461 e. The third-order valence-corrected chi connectivity index (χ3v) is 6.19. The number of nitrogens with one attached hydrogen (secondary N) is 2. The molecular formula is C29H47N5O10. The van der Waals surface area contributed by atoms with Crippen LogP contribution >= 0.6 is 0 Å². The Bertz CT molecular complexity index is 1230. The summed E-state index contributed by atoms with van der Waals surface area (Å²) in [7, 11) is 0. The Kier molecular flexibility index (Phi) is 12.2. The van der Waals surface area contributed by atoms with Crippen LogP contribution in [0, 0.1) is 11.8 Å². The van der Waals surface area contributed by atoms with E-state index in [9.17, 15) is 24.0 Å². The first-order valence-corrected chi connectivity index (χ1v) is 14.5. The van der Waals surface area contributed by atoms with Crippen LogP contribution in [0.15, 0.2) is 17.1 Å². The van der Waals surface area contributed by atoms with Crippen molar-refractivity contribution in [3.63, 3.8) is 0 Å². The van der Waals surface area contributed by atoms with Crippen molar-refractivity contribution < 1.29 is 42.9 Å². The number of alkyl carbamates (subject to hydrolysis) is 2. The van der Waals surface area contributed by atoms with Gasteiger partial charge in [-0.05, 0) is 59.4 Å². The van der Waals surface area contributed by atoms with Gasteiger partial charge in [-0.2, -0.15) is 4.98 Å². The molecule has 0 spiro atoms. The molecular weight excluding hydrogens is 578 g/mol. The normalized spacial score (nSPS) is 20.0. The van der Waals surface area contributed by atoms with Crippen molar-refractivity contribution in [1.29, 1.82) is 0 Å². The van der Waals surface area contributed by atoms with Gasteiger partial charge in [0.15, 0.2) is 0 Å². The highest BCUT2D eigenvalue weighted by atomic mass is 16.6. The number of nitrogens with two attached hydrogens (primary N) is 1. The quantitative estimate of drug-likeness (QED) is 0.254. The Morgan fingerprint density at radius 3 is 1.91 bits per heavy atom. The van der Waals surface area contributed by atoms with Crippen molar-refractivity contribution in [3.05, 3.63) is 22.7 Å². The zero-order valence-corrected chi connectivity index (χ0v) is 27.2. The molecule has 1 aromatic heterocycles. The van der Waals surface area contributed by atoms with Crippen molar-refractivity contribution in [1.82, 2.24) is 20.2 Å². The summed E-state index contributed by atoms with van der Waals surface area (Å²) in [4.78, 5) is 67.3. The first-order valence-electron chi connectivity index (χ1n) is 14.5. The molecule has 1 aromatic rings. The molecule has 44 heavy (non-hydrogen) atoms. The van der Waals surface area contributed by atoms with E-state index >= 15 is 0 Å². The lowest BCUT2D eigenvalue weighted by molar-refractivity contribution is -0.162. The van der Waals surface area contributed by atoms with E-state index in [1.165, 1.54) is 16.8 Å². The van der Waals surface area contributed by atoms with Crippen LogP contribution in [-0.4, -0.2) is 75.8 Å². The number of esters is 2. The summed E-state index contributed by atoms with van der Waals surface area (Å²) in [5.74, 6) is -2.25. The van der Waals surface area contributed by atoms with Crippen LogP contribution in [0.4, 0.5) is 15.4 Å². The van der Waals surface area contributed by atoms with Crippen LogP contribution in [0.2, 0.25) is 0 Å². The maximum atomic E-state index is 13.3. The van der Waals surface area contributed by atoms with E-state index in [1.54, 1.807) is 69.2 Å². The number of aromatic nitrogens is 2. The molecule has 4 N–H and O–H groups in total. The summed E-state index contributed by atoms with van der Waals surface area (Å²) < 4.78 is 29.0. The molecule has 2 amide bonds. The molecule has 0 radical (unpaired) electrons. The Morgan fingerprint density at radius 1 is 0.955 bits per heavy atom. The maximum absolute atomic E-state index is 13.3. The van der Waals surface area contributed by atoms with Gasteiger partial charge < -0.3 is 40.1 Å². The van der Waals surface area contributed by atoms with Crippen LogP contribution < -0.4 is 22.1 Å². The molecule has 2 heterocycles. The van der Waals surface area contributed by atoms with Crippen molar-refractivity contribution in [3.8, 4) is 0 Å². The van der Waals surface area contributed by atoms with E-state index in [4.69, 9.17) is 29.4 Å². The van der Waals surface area contributed by atoms with E-state index in [-0.39, 0.29) is 30.7 Å². The molecule has 1 unspecified atom stereocenters. The van der Waals surface area contributed by atoms with Crippen LogP contribution in [0.25, 0.3) is 0 Å². The Morgan fingerprint density at radius 2 is 1.45 bits per heavy atom. The smallest absolute Gasteiger partial charge is 0.408 e. The van der Waals surface area contributed by atoms with Gasteiger partial charge in [0.1, 0.15) is 54.1 Å². The number of carbonyl (C=O) groups is 4. The molecule has 2 rings (SSSR count). The fraction of sp³-hybridized carbons (Fsp3) is 0.724. The lowest BCUT2D eigenvalue weighted by Gasteiger charge is -2.27. The number of hydrogen-bond donors (Lipinski definition) is 3. The molecule has 1 aliphatic rings.